The summed E-state index contributed by atoms with van der Waals surface area (Å²) in [7, 11) is 0. The summed E-state index contributed by atoms with van der Waals surface area (Å²) in [4.78, 5) is 8.63. The maximum atomic E-state index is 5.52. The van der Waals surface area contributed by atoms with Crippen LogP contribution in [0.3, 0.4) is 0 Å². The molecule has 1 aromatic heterocycles. The molecular formula is C11H17N3O. The van der Waals surface area contributed by atoms with Gasteiger partial charge in [-0.2, -0.15) is 0 Å². The number of rotatable bonds is 3. The third kappa shape index (κ3) is 2.89. The summed E-state index contributed by atoms with van der Waals surface area (Å²) in [6.07, 6.45) is 2.63. The van der Waals surface area contributed by atoms with Crippen LogP contribution < -0.4 is 5.32 Å². The van der Waals surface area contributed by atoms with Gasteiger partial charge >= 0.3 is 0 Å². The third-order valence-electron chi connectivity index (χ3n) is 2.49. The molecule has 15 heavy (non-hydrogen) atoms. The van der Waals surface area contributed by atoms with Gasteiger partial charge in [-0.05, 0) is 32.8 Å². The molecule has 2 rings (SSSR count). The molecule has 0 aliphatic carbocycles. The monoisotopic (exact) mass is 207 g/mol. The van der Waals surface area contributed by atoms with Crippen molar-refractivity contribution < 1.29 is 4.74 Å². The first kappa shape index (κ1) is 10.4. The predicted molar refractivity (Wildman–Crippen MR) is 59.0 cm³/mol. The van der Waals surface area contributed by atoms with E-state index in [0.717, 1.165) is 31.0 Å². The fourth-order valence-electron chi connectivity index (χ4n) is 1.82. The van der Waals surface area contributed by atoms with E-state index in [0.29, 0.717) is 12.1 Å². The number of hydrogen-bond acceptors (Lipinski definition) is 4. The first-order valence-electron chi connectivity index (χ1n) is 5.42. The highest BCUT2D eigenvalue weighted by Gasteiger charge is 2.15. The Morgan fingerprint density at radius 2 is 2.13 bits per heavy atom. The van der Waals surface area contributed by atoms with Crippen molar-refractivity contribution in [2.45, 2.75) is 32.8 Å². The molecule has 1 aliphatic heterocycles. The number of anilines is 1. The zero-order valence-corrected chi connectivity index (χ0v) is 9.29. The van der Waals surface area contributed by atoms with E-state index in [2.05, 4.69) is 15.3 Å². The van der Waals surface area contributed by atoms with Crippen molar-refractivity contribution in [1.29, 1.82) is 0 Å². The van der Waals surface area contributed by atoms with Gasteiger partial charge in [0.2, 0.25) is 5.95 Å². The lowest BCUT2D eigenvalue weighted by Gasteiger charge is -2.11. The van der Waals surface area contributed by atoms with Crippen molar-refractivity contribution in [3.05, 3.63) is 17.5 Å². The largest absolute Gasteiger partial charge is 0.376 e. The molecule has 0 unspecified atom stereocenters. The molecule has 0 bridgehead atoms. The summed E-state index contributed by atoms with van der Waals surface area (Å²) in [6, 6.07) is 1.97. The molecule has 82 valence electrons. The SMILES string of the molecule is Cc1cc(C)nc(NC[C@@H]2CCCO2)n1. The molecule has 4 heteroatoms. The first-order valence-corrected chi connectivity index (χ1v) is 5.42. The summed E-state index contributed by atoms with van der Waals surface area (Å²) < 4.78 is 5.52. The average molecular weight is 207 g/mol. The number of nitrogens with one attached hydrogen (secondary N) is 1. The van der Waals surface area contributed by atoms with Gasteiger partial charge in [-0.25, -0.2) is 9.97 Å². The van der Waals surface area contributed by atoms with Crippen LogP contribution in [0, 0.1) is 13.8 Å². The molecule has 1 atom stereocenters. The Kier molecular flexibility index (Phi) is 3.16. The summed E-state index contributed by atoms with van der Waals surface area (Å²) >= 11 is 0. The molecule has 2 heterocycles. The molecule has 0 saturated carbocycles. The summed E-state index contributed by atoms with van der Waals surface area (Å²) in [5.41, 5.74) is 2.00. The van der Waals surface area contributed by atoms with E-state index in [1.807, 2.05) is 19.9 Å². The minimum atomic E-state index is 0.328. The Morgan fingerprint density at radius 1 is 1.40 bits per heavy atom. The van der Waals surface area contributed by atoms with Crippen molar-refractivity contribution in [2.24, 2.45) is 0 Å². The van der Waals surface area contributed by atoms with E-state index in [1.54, 1.807) is 0 Å². The van der Waals surface area contributed by atoms with Gasteiger partial charge in [0.25, 0.3) is 0 Å². The van der Waals surface area contributed by atoms with Gasteiger partial charge < -0.3 is 10.1 Å². The van der Waals surface area contributed by atoms with E-state index in [9.17, 15) is 0 Å². The fourth-order valence-corrected chi connectivity index (χ4v) is 1.82. The van der Waals surface area contributed by atoms with Crippen molar-refractivity contribution in [3.8, 4) is 0 Å². The molecule has 1 aromatic rings. The topological polar surface area (TPSA) is 47.0 Å². The predicted octanol–water partition coefficient (Wildman–Crippen LogP) is 1.68. The van der Waals surface area contributed by atoms with Crippen molar-refractivity contribution in [2.75, 3.05) is 18.5 Å². The normalized spacial score (nSPS) is 20.5. The highest BCUT2D eigenvalue weighted by Crippen LogP contribution is 2.12. The van der Waals surface area contributed by atoms with E-state index >= 15 is 0 Å². The molecule has 1 N–H and O–H groups in total. The molecule has 0 spiro atoms. The van der Waals surface area contributed by atoms with E-state index in [-0.39, 0.29) is 0 Å². The molecule has 0 amide bonds. The fraction of sp³-hybridized carbons (Fsp3) is 0.636. The van der Waals surface area contributed by atoms with Crippen molar-refractivity contribution in [1.82, 2.24) is 9.97 Å². The molecular weight excluding hydrogens is 190 g/mol. The molecule has 0 radical (unpaired) electrons. The molecule has 1 fully saturated rings. The average Bonchev–Trinajstić information content (AvgIpc) is 2.65. The summed E-state index contributed by atoms with van der Waals surface area (Å²) in [5, 5.41) is 3.22. The number of nitrogens with zero attached hydrogens (tertiary/aromatic N) is 2. The van der Waals surface area contributed by atoms with Crippen molar-refractivity contribution >= 4 is 5.95 Å². The summed E-state index contributed by atoms with van der Waals surface area (Å²) in [5.74, 6) is 0.711. The van der Waals surface area contributed by atoms with Gasteiger partial charge in [0.1, 0.15) is 0 Å². The van der Waals surface area contributed by atoms with Crippen LogP contribution in [0.5, 0.6) is 0 Å². The van der Waals surface area contributed by atoms with Crippen LogP contribution in [0.1, 0.15) is 24.2 Å². The highest BCUT2D eigenvalue weighted by atomic mass is 16.5. The molecule has 1 saturated heterocycles. The van der Waals surface area contributed by atoms with Crippen LogP contribution in [0.15, 0.2) is 6.07 Å². The minimum absolute atomic E-state index is 0.328. The van der Waals surface area contributed by atoms with Gasteiger partial charge in [-0.1, -0.05) is 0 Å². The molecule has 1 aliphatic rings. The smallest absolute Gasteiger partial charge is 0.223 e. The number of ether oxygens (including phenoxy) is 1. The Balaban J connectivity index is 1.92. The summed E-state index contributed by atoms with van der Waals surface area (Å²) in [6.45, 7) is 5.65. The van der Waals surface area contributed by atoms with E-state index in [4.69, 9.17) is 4.74 Å². The van der Waals surface area contributed by atoms with Crippen LogP contribution >= 0.6 is 0 Å². The number of aryl methyl sites for hydroxylation is 2. The quantitative estimate of drug-likeness (QED) is 0.819. The van der Waals surface area contributed by atoms with E-state index in [1.165, 1.54) is 6.42 Å². The van der Waals surface area contributed by atoms with Crippen LogP contribution in [-0.2, 0) is 4.74 Å². The van der Waals surface area contributed by atoms with Gasteiger partial charge in [-0.3, -0.25) is 0 Å². The van der Waals surface area contributed by atoms with E-state index < -0.39 is 0 Å². The number of aromatic nitrogens is 2. The van der Waals surface area contributed by atoms with Crippen molar-refractivity contribution in [3.63, 3.8) is 0 Å². The van der Waals surface area contributed by atoms with Crippen LogP contribution in [-0.4, -0.2) is 29.2 Å². The highest BCUT2D eigenvalue weighted by molar-refractivity contribution is 5.27. The van der Waals surface area contributed by atoms with Crippen LogP contribution in [0.4, 0.5) is 5.95 Å². The minimum Gasteiger partial charge on any atom is -0.376 e. The lowest BCUT2D eigenvalue weighted by atomic mass is 10.2. The molecule has 4 nitrogen and oxygen atoms in total. The Hall–Kier alpha value is -1.16. The van der Waals surface area contributed by atoms with Gasteiger partial charge in [0.15, 0.2) is 0 Å². The second kappa shape index (κ2) is 4.57. The maximum absolute atomic E-state index is 5.52. The van der Waals surface area contributed by atoms with Gasteiger partial charge in [-0.15, -0.1) is 0 Å². The van der Waals surface area contributed by atoms with Gasteiger partial charge in [0.05, 0.1) is 6.10 Å². The second-order valence-corrected chi connectivity index (χ2v) is 3.99. The lowest BCUT2D eigenvalue weighted by molar-refractivity contribution is 0.120. The number of hydrogen-bond donors (Lipinski definition) is 1. The Bertz CT molecular complexity index is 314. The zero-order valence-electron chi connectivity index (χ0n) is 9.29. The Morgan fingerprint density at radius 3 is 2.73 bits per heavy atom. The second-order valence-electron chi connectivity index (χ2n) is 3.99. The Labute approximate surface area is 90.1 Å². The third-order valence-corrected chi connectivity index (χ3v) is 2.49. The molecule has 0 aromatic carbocycles. The standard InChI is InChI=1S/C11H17N3O/c1-8-6-9(2)14-11(13-8)12-7-10-4-3-5-15-10/h6,10H,3-5,7H2,1-2H3,(H,12,13,14)/t10-/m0/s1. The van der Waals surface area contributed by atoms with Gasteiger partial charge in [0, 0.05) is 24.5 Å². The lowest BCUT2D eigenvalue weighted by Crippen LogP contribution is -2.19. The zero-order chi connectivity index (χ0) is 10.7. The van der Waals surface area contributed by atoms with Crippen LogP contribution in [0.25, 0.3) is 0 Å². The first-order chi connectivity index (χ1) is 7.24. The van der Waals surface area contributed by atoms with Crippen LogP contribution in [0.2, 0.25) is 0 Å². The maximum Gasteiger partial charge on any atom is 0.223 e.